The Balaban J connectivity index is 2.10. The number of esters is 2. The van der Waals surface area contributed by atoms with Crippen molar-refractivity contribution in [1.82, 2.24) is 4.90 Å². The van der Waals surface area contributed by atoms with Gasteiger partial charge in [-0.05, 0) is 76.8 Å². The van der Waals surface area contributed by atoms with Gasteiger partial charge in [0.25, 0.3) is 0 Å². The number of carbonyl (C=O) groups is 2. The zero-order valence-corrected chi connectivity index (χ0v) is 34.5. The normalized spacial score (nSPS) is 13.7. The Bertz CT molecular complexity index is 771. The Kier molecular flexibility index (Phi) is 32.5. The lowest BCUT2D eigenvalue weighted by Crippen LogP contribution is -2.29. The third kappa shape index (κ3) is 29.9. The molecule has 0 atom stereocenters. The third-order valence-electron chi connectivity index (χ3n) is 11.3. The van der Waals surface area contributed by atoms with Crippen molar-refractivity contribution < 1.29 is 24.2 Å². The van der Waals surface area contributed by atoms with Crippen LogP contribution in [-0.4, -0.2) is 61.4 Å². The molecule has 0 aromatic rings. The molecule has 0 amide bonds. The molecule has 0 aromatic carbocycles. The van der Waals surface area contributed by atoms with Crippen molar-refractivity contribution in [3.8, 4) is 0 Å². The monoisotopic (exact) mass is 722 g/mol. The Morgan fingerprint density at radius 3 is 1.47 bits per heavy atom. The lowest BCUT2D eigenvalue weighted by atomic mass is 9.95. The molecule has 0 radical (unpaired) electrons. The summed E-state index contributed by atoms with van der Waals surface area (Å²) < 4.78 is 11.5. The molecule has 0 aliphatic heterocycles. The molecule has 0 spiro atoms. The summed E-state index contributed by atoms with van der Waals surface area (Å²) in [6.45, 7) is 11.1. The summed E-state index contributed by atoms with van der Waals surface area (Å²) in [6, 6.07) is 0. The SMILES string of the molecule is CCCCCCCCCC(=O)OCC1(CCCCCN(CCO)CCCCCCCC(=O)OCC(CCCCCCC)CCCCCCC)CC1. The van der Waals surface area contributed by atoms with E-state index in [1.54, 1.807) is 0 Å². The Labute approximate surface area is 317 Å². The van der Waals surface area contributed by atoms with Gasteiger partial charge in [-0.15, -0.1) is 0 Å². The standard InChI is InChI=1S/C45H87NO5/c1-4-7-10-13-14-18-25-32-44(49)51-41-45(34-35-45)33-26-21-28-37-46(38-39-47)36-27-20-15-19-24-31-43(48)50-40-42(29-22-16-11-8-5-2)30-23-17-12-9-6-3/h42,47H,4-41H2,1-3H3. The van der Waals surface area contributed by atoms with Crippen LogP contribution in [0.5, 0.6) is 0 Å². The molecule has 1 N–H and O–H groups in total. The topological polar surface area (TPSA) is 76.1 Å². The Morgan fingerprint density at radius 2 is 0.980 bits per heavy atom. The molecule has 1 fully saturated rings. The van der Waals surface area contributed by atoms with Crippen LogP contribution in [0.25, 0.3) is 0 Å². The molecule has 0 bridgehead atoms. The molecule has 0 heterocycles. The fraction of sp³-hybridized carbons (Fsp3) is 0.956. The van der Waals surface area contributed by atoms with E-state index >= 15 is 0 Å². The zero-order chi connectivity index (χ0) is 37.1. The number of rotatable bonds is 40. The zero-order valence-electron chi connectivity index (χ0n) is 34.5. The smallest absolute Gasteiger partial charge is 0.305 e. The van der Waals surface area contributed by atoms with E-state index in [0.717, 1.165) is 64.6 Å². The van der Waals surface area contributed by atoms with Gasteiger partial charge in [0, 0.05) is 24.8 Å². The van der Waals surface area contributed by atoms with E-state index in [1.807, 2.05) is 0 Å². The first-order valence-corrected chi connectivity index (χ1v) is 22.6. The minimum Gasteiger partial charge on any atom is -0.465 e. The van der Waals surface area contributed by atoms with Gasteiger partial charge in [-0.1, -0.05) is 156 Å². The van der Waals surface area contributed by atoms with Crippen molar-refractivity contribution in [3.05, 3.63) is 0 Å². The number of ether oxygens (including phenoxy) is 2. The molecule has 1 aliphatic carbocycles. The second-order valence-corrected chi connectivity index (χ2v) is 16.4. The maximum Gasteiger partial charge on any atom is 0.305 e. The van der Waals surface area contributed by atoms with E-state index in [-0.39, 0.29) is 24.0 Å². The van der Waals surface area contributed by atoms with Crippen LogP contribution >= 0.6 is 0 Å². The number of hydrogen-bond acceptors (Lipinski definition) is 6. The number of carbonyl (C=O) groups excluding carboxylic acids is 2. The average Bonchev–Trinajstić information content (AvgIpc) is 3.91. The fourth-order valence-corrected chi connectivity index (χ4v) is 7.47. The summed E-state index contributed by atoms with van der Waals surface area (Å²) in [4.78, 5) is 27.1. The number of nitrogens with zero attached hydrogens (tertiary/aromatic N) is 1. The number of aliphatic hydroxyl groups is 1. The predicted octanol–water partition coefficient (Wildman–Crippen LogP) is 12.5. The van der Waals surface area contributed by atoms with Crippen LogP contribution in [0.4, 0.5) is 0 Å². The minimum absolute atomic E-state index is 0.00138. The van der Waals surface area contributed by atoms with E-state index in [0.29, 0.717) is 32.0 Å². The molecule has 6 nitrogen and oxygen atoms in total. The molecule has 0 saturated heterocycles. The second kappa shape index (κ2) is 34.6. The van der Waals surface area contributed by atoms with Crippen molar-refractivity contribution in [2.45, 2.75) is 226 Å². The summed E-state index contributed by atoms with van der Waals surface area (Å²) in [6.07, 6.45) is 37.8. The first-order valence-electron chi connectivity index (χ1n) is 22.6. The van der Waals surface area contributed by atoms with Gasteiger partial charge in [0.15, 0.2) is 0 Å². The van der Waals surface area contributed by atoms with Crippen LogP contribution < -0.4 is 0 Å². The van der Waals surface area contributed by atoms with Crippen molar-refractivity contribution in [3.63, 3.8) is 0 Å². The molecular formula is C45H87NO5. The molecule has 6 heteroatoms. The lowest BCUT2D eigenvalue weighted by Gasteiger charge is -2.21. The second-order valence-electron chi connectivity index (χ2n) is 16.4. The molecular weight excluding hydrogens is 634 g/mol. The minimum atomic E-state index is -0.00138. The van der Waals surface area contributed by atoms with Gasteiger partial charge < -0.3 is 19.5 Å². The summed E-state index contributed by atoms with van der Waals surface area (Å²) >= 11 is 0. The van der Waals surface area contributed by atoms with Crippen LogP contribution in [0, 0.1) is 11.3 Å². The van der Waals surface area contributed by atoms with Crippen LogP contribution in [0.1, 0.15) is 226 Å². The molecule has 51 heavy (non-hydrogen) atoms. The molecule has 1 aliphatic rings. The first kappa shape index (κ1) is 47.9. The Hall–Kier alpha value is -1.14. The van der Waals surface area contributed by atoms with Crippen LogP contribution in [0.15, 0.2) is 0 Å². The average molecular weight is 722 g/mol. The summed E-state index contributed by atoms with van der Waals surface area (Å²) in [5.41, 5.74) is 0.265. The quantitative estimate of drug-likeness (QED) is 0.0501. The van der Waals surface area contributed by atoms with Gasteiger partial charge in [0.1, 0.15) is 0 Å². The van der Waals surface area contributed by atoms with Crippen LogP contribution in [0.2, 0.25) is 0 Å². The van der Waals surface area contributed by atoms with E-state index < -0.39 is 0 Å². The highest BCUT2D eigenvalue weighted by atomic mass is 16.5. The van der Waals surface area contributed by atoms with Gasteiger partial charge in [0.2, 0.25) is 0 Å². The maximum atomic E-state index is 12.5. The van der Waals surface area contributed by atoms with E-state index in [4.69, 9.17) is 9.47 Å². The summed E-state index contributed by atoms with van der Waals surface area (Å²) in [7, 11) is 0. The van der Waals surface area contributed by atoms with Crippen molar-refractivity contribution in [2.24, 2.45) is 11.3 Å². The largest absolute Gasteiger partial charge is 0.465 e. The molecule has 302 valence electrons. The Morgan fingerprint density at radius 1 is 0.549 bits per heavy atom. The fourth-order valence-electron chi connectivity index (χ4n) is 7.47. The highest BCUT2D eigenvalue weighted by molar-refractivity contribution is 5.69. The third-order valence-corrected chi connectivity index (χ3v) is 11.3. The van der Waals surface area contributed by atoms with Crippen LogP contribution in [-0.2, 0) is 19.1 Å². The van der Waals surface area contributed by atoms with E-state index in [9.17, 15) is 14.7 Å². The molecule has 1 saturated carbocycles. The van der Waals surface area contributed by atoms with E-state index in [1.165, 1.54) is 148 Å². The van der Waals surface area contributed by atoms with Crippen molar-refractivity contribution in [2.75, 3.05) is 39.5 Å². The van der Waals surface area contributed by atoms with Crippen molar-refractivity contribution in [1.29, 1.82) is 0 Å². The molecule has 0 unspecified atom stereocenters. The number of aliphatic hydroxyl groups excluding tert-OH is 1. The van der Waals surface area contributed by atoms with Gasteiger partial charge in [-0.2, -0.15) is 0 Å². The molecule has 1 rings (SSSR count). The van der Waals surface area contributed by atoms with Crippen molar-refractivity contribution >= 4 is 11.9 Å². The highest BCUT2D eigenvalue weighted by Crippen LogP contribution is 2.50. The maximum absolute atomic E-state index is 12.5. The lowest BCUT2D eigenvalue weighted by molar-refractivity contribution is -0.146. The van der Waals surface area contributed by atoms with Gasteiger partial charge in [0.05, 0.1) is 19.8 Å². The first-order chi connectivity index (χ1) is 25.0. The van der Waals surface area contributed by atoms with Gasteiger partial charge in [-0.25, -0.2) is 0 Å². The van der Waals surface area contributed by atoms with Crippen LogP contribution in [0.3, 0.4) is 0 Å². The van der Waals surface area contributed by atoms with E-state index in [2.05, 4.69) is 25.7 Å². The van der Waals surface area contributed by atoms with Gasteiger partial charge >= 0.3 is 11.9 Å². The number of hydrogen-bond donors (Lipinski definition) is 1. The predicted molar refractivity (Wildman–Crippen MR) is 216 cm³/mol. The van der Waals surface area contributed by atoms with Gasteiger partial charge in [-0.3, -0.25) is 9.59 Å². The summed E-state index contributed by atoms with van der Waals surface area (Å²) in [5.74, 6) is 0.538. The summed E-state index contributed by atoms with van der Waals surface area (Å²) in [5, 5.41) is 9.59. The highest BCUT2D eigenvalue weighted by Gasteiger charge is 2.43. The number of unbranched alkanes of at least 4 members (excludes halogenated alkanes) is 20. The molecule has 0 aromatic heterocycles.